The molecule has 1 unspecified atom stereocenters. The molecule has 158 valence electrons. The van der Waals surface area contributed by atoms with Crippen LogP contribution in [0.4, 0.5) is 0 Å². The number of rotatable bonds is 6. The van der Waals surface area contributed by atoms with Gasteiger partial charge in [-0.05, 0) is 59.0 Å². The Morgan fingerprint density at radius 3 is 2.76 bits per heavy atom. The van der Waals surface area contributed by atoms with Gasteiger partial charge in [0.15, 0.2) is 0 Å². The molecule has 1 saturated heterocycles. The van der Waals surface area contributed by atoms with E-state index in [-0.39, 0.29) is 29.6 Å². The van der Waals surface area contributed by atoms with Crippen molar-refractivity contribution in [3.05, 3.63) is 40.2 Å². The SMILES string of the molecule is CC(C)Oc1ccc2cc(C(=O)N3CCCC(CO)(CN(C)C)C3)c(=O)oc2c1. The normalized spacial score (nSPS) is 19.9. The van der Waals surface area contributed by atoms with E-state index in [1.807, 2.05) is 32.8 Å². The molecule has 0 bridgehead atoms. The lowest BCUT2D eigenvalue weighted by molar-refractivity contribution is 0.0137. The molecule has 0 saturated carbocycles. The lowest BCUT2D eigenvalue weighted by Crippen LogP contribution is -2.52. The van der Waals surface area contributed by atoms with E-state index in [1.165, 1.54) is 0 Å². The Kier molecular flexibility index (Phi) is 6.29. The lowest BCUT2D eigenvalue weighted by Gasteiger charge is -2.43. The van der Waals surface area contributed by atoms with E-state index in [1.54, 1.807) is 29.2 Å². The van der Waals surface area contributed by atoms with Gasteiger partial charge < -0.3 is 24.1 Å². The summed E-state index contributed by atoms with van der Waals surface area (Å²) in [6.45, 7) is 5.50. The van der Waals surface area contributed by atoms with Gasteiger partial charge >= 0.3 is 5.63 Å². The number of carbonyl (C=O) groups excluding carboxylic acids is 1. The average molecular weight is 402 g/mol. The molecule has 3 rings (SSSR count). The highest BCUT2D eigenvalue weighted by molar-refractivity contribution is 5.96. The van der Waals surface area contributed by atoms with Crippen molar-refractivity contribution in [1.82, 2.24) is 9.80 Å². The minimum absolute atomic E-state index is 0.0000838. The molecule has 7 heteroatoms. The fraction of sp³-hybridized carbons (Fsp3) is 0.545. The Labute approximate surface area is 170 Å². The summed E-state index contributed by atoms with van der Waals surface area (Å²) in [5.41, 5.74) is -0.622. The summed E-state index contributed by atoms with van der Waals surface area (Å²) >= 11 is 0. The summed E-state index contributed by atoms with van der Waals surface area (Å²) in [5, 5.41) is 10.7. The van der Waals surface area contributed by atoms with Crippen molar-refractivity contribution in [1.29, 1.82) is 0 Å². The second kappa shape index (κ2) is 8.55. The minimum Gasteiger partial charge on any atom is -0.491 e. The summed E-state index contributed by atoms with van der Waals surface area (Å²) in [7, 11) is 3.90. The molecule has 0 radical (unpaired) electrons. The minimum atomic E-state index is -0.656. The van der Waals surface area contributed by atoms with E-state index in [2.05, 4.69) is 0 Å². The number of likely N-dealkylation sites (tertiary alicyclic amines) is 1. The third kappa shape index (κ3) is 4.79. The standard InChI is InChI=1S/C22H30N2O5/c1-15(2)28-17-7-6-16-10-18(21(27)29-19(16)11-17)20(26)24-9-5-8-22(13-24,14-25)12-23(3)4/h6-7,10-11,15,25H,5,8-9,12-14H2,1-4H3. The van der Waals surface area contributed by atoms with Crippen LogP contribution in [-0.4, -0.2) is 67.3 Å². The molecule has 1 N–H and O–H groups in total. The summed E-state index contributed by atoms with van der Waals surface area (Å²) in [4.78, 5) is 29.3. The van der Waals surface area contributed by atoms with Crippen LogP contribution in [0.2, 0.25) is 0 Å². The molecule has 1 aliphatic rings. The highest BCUT2D eigenvalue weighted by Crippen LogP contribution is 2.31. The van der Waals surface area contributed by atoms with Gasteiger partial charge in [0.2, 0.25) is 0 Å². The lowest BCUT2D eigenvalue weighted by atomic mass is 9.80. The molecule has 0 aliphatic carbocycles. The van der Waals surface area contributed by atoms with Crippen LogP contribution < -0.4 is 10.4 Å². The number of carbonyl (C=O) groups is 1. The van der Waals surface area contributed by atoms with Crippen molar-refractivity contribution in [2.24, 2.45) is 5.41 Å². The highest BCUT2D eigenvalue weighted by Gasteiger charge is 2.38. The number of fused-ring (bicyclic) bond motifs is 1. The molecule has 1 atom stereocenters. The molecule has 0 spiro atoms. The molecule has 1 aromatic heterocycles. The second-order valence-corrected chi connectivity index (χ2v) is 8.54. The summed E-state index contributed by atoms with van der Waals surface area (Å²) < 4.78 is 11.1. The van der Waals surface area contributed by atoms with Crippen LogP contribution in [0.25, 0.3) is 11.0 Å². The number of hydrogen-bond acceptors (Lipinski definition) is 6. The zero-order valence-corrected chi connectivity index (χ0v) is 17.6. The zero-order chi connectivity index (χ0) is 21.2. The molecular weight excluding hydrogens is 372 g/mol. The maximum atomic E-state index is 13.1. The fourth-order valence-corrected chi connectivity index (χ4v) is 4.12. The first-order chi connectivity index (χ1) is 13.7. The Morgan fingerprint density at radius 1 is 1.34 bits per heavy atom. The number of benzene rings is 1. The van der Waals surface area contributed by atoms with Crippen LogP contribution in [0.15, 0.2) is 33.5 Å². The van der Waals surface area contributed by atoms with Gasteiger partial charge in [-0.25, -0.2) is 4.79 Å². The van der Waals surface area contributed by atoms with E-state index in [9.17, 15) is 14.7 Å². The Balaban J connectivity index is 1.88. The van der Waals surface area contributed by atoms with E-state index in [0.717, 1.165) is 12.8 Å². The average Bonchev–Trinajstić information content (AvgIpc) is 2.66. The number of piperidine rings is 1. The molecule has 7 nitrogen and oxygen atoms in total. The third-order valence-corrected chi connectivity index (χ3v) is 5.25. The fourth-order valence-electron chi connectivity index (χ4n) is 4.12. The van der Waals surface area contributed by atoms with Gasteiger partial charge in [-0.3, -0.25) is 4.79 Å². The van der Waals surface area contributed by atoms with E-state index >= 15 is 0 Å². The van der Waals surface area contributed by atoms with Crippen molar-refractivity contribution >= 4 is 16.9 Å². The first-order valence-corrected chi connectivity index (χ1v) is 10.0. The van der Waals surface area contributed by atoms with Gasteiger partial charge in [-0.15, -0.1) is 0 Å². The molecule has 1 fully saturated rings. The van der Waals surface area contributed by atoms with Crippen molar-refractivity contribution in [3.8, 4) is 5.75 Å². The molecule has 1 amide bonds. The maximum Gasteiger partial charge on any atom is 0.349 e. The molecule has 2 aromatic rings. The second-order valence-electron chi connectivity index (χ2n) is 8.54. The summed E-state index contributed by atoms with van der Waals surface area (Å²) in [6, 6.07) is 6.84. The number of ether oxygens (including phenoxy) is 1. The van der Waals surface area contributed by atoms with Gasteiger partial charge in [0.05, 0.1) is 12.7 Å². The molecule has 1 aliphatic heterocycles. The van der Waals surface area contributed by atoms with Crippen LogP contribution in [-0.2, 0) is 0 Å². The van der Waals surface area contributed by atoms with Crippen LogP contribution in [0.3, 0.4) is 0 Å². The van der Waals surface area contributed by atoms with E-state index < -0.39 is 5.63 Å². The number of nitrogens with zero attached hydrogens (tertiary/aromatic N) is 2. The van der Waals surface area contributed by atoms with Gasteiger partial charge in [0.25, 0.3) is 5.91 Å². The summed E-state index contributed by atoms with van der Waals surface area (Å²) in [5.74, 6) is 0.265. The quantitative estimate of drug-likeness (QED) is 0.747. The van der Waals surface area contributed by atoms with Gasteiger partial charge in [0, 0.05) is 36.5 Å². The molecule has 29 heavy (non-hydrogen) atoms. The largest absolute Gasteiger partial charge is 0.491 e. The predicted molar refractivity (Wildman–Crippen MR) is 111 cm³/mol. The monoisotopic (exact) mass is 402 g/mol. The van der Waals surface area contributed by atoms with E-state index in [0.29, 0.717) is 36.4 Å². The van der Waals surface area contributed by atoms with Crippen LogP contribution in [0.1, 0.15) is 37.0 Å². The van der Waals surface area contributed by atoms with Gasteiger partial charge in [-0.1, -0.05) is 0 Å². The predicted octanol–water partition coefficient (Wildman–Crippen LogP) is 2.36. The smallest absolute Gasteiger partial charge is 0.349 e. The Bertz CT molecular complexity index is 936. The zero-order valence-electron chi connectivity index (χ0n) is 17.6. The van der Waals surface area contributed by atoms with Crippen molar-refractivity contribution in [2.45, 2.75) is 32.8 Å². The number of aliphatic hydroxyl groups excluding tert-OH is 1. The van der Waals surface area contributed by atoms with Crippen molar-refractivity contribution in [2.75, 3.05) is 40.3 Å². The topological polar surface area (TPSA) is 83.2 Å². The molecular formula is C22H30N2O5. The number of aliphatic hydroxyl groups is 1. The van der Waals surface area contributed by atoms with Gasteiger partial charge in [0.1, 0.15) is 16.9 Å². The Hall–Kier alpha value is -2.38. The number of hydrogen-bond donors (Lipinski definition) is 1. The van der Waals surface area contributed by atoms with E-state index in [4.69, 9.17) is 9.15 Å². The Morgan fingerprint density at radius 2 is 2.10 bits per heavy atom. The van der Waals surface area contributed by atoms with Crippen LogP contribution in [0, 0.1) is 5.41 Å². The van der Waals surface area contributed by atoms with Crippen molar-refractivity contribution < 1.29 is 19.1 Å². The van der Waals surface area contributed by atoms with Crippen LogP contribution in [0.5, 0.6) is 5.75 Å². The van der Waals surface area contributed by atoms with Crippen molar-refractivity contribution in [3.63, 3.8) is 0 Å². The van der Waals surface area contributed by atoms with Gasteiger partial charge in [-0.2, -0.15) is 0 Å². The maximum absolute atomic E-state index is 13.1. The van der Waals surface area contributed by atoms with Crippen LogP contribution >= 0.6 is 0 Å². The number of amides is 1. The molecule has 1 aromatic carbocycles. The molecule has 2 heterocycles. The summed E-state index contributed by atoms with van der Waals surface area (Å²) in [6.07, 6.45) is 1.64. The first kappa shape index (κ1) is 21.3. The first-order valence-electron chi connectivity index (χ1n) is 10.0. The third-order valence-electron chi connectivity index (χ3n) is 5.25. The highest BCUT2D eigenvalue weighted by atomic mass is 16.5.